The molecule has 8 N–H and O–H groups in total. The van der Waals surface area contributed by atoms with E-state index in [9.17, 15) is 24.0 Å². The second-order valence-corrected chi connectivity index (χ2v) is 10.2. The van der Waals surface area contributed by atoms with Crippen molar-refractivity contribution in [3.63, 3.8) is 0 Å². The molecule has 0 aliphatic carbocycles. The van der Waals surface area contributed by atoms with E-state index >= 15 is 0 Å². The zero-order chi connectivity index (χ0) is 28.0. The van der Waals surface area contributed by atoms with Crippen LogP contribution >= 0.6 is 11.8 Å². The lowest BCUT2D eigenvalue weighted by molar-refractivity contribution is -0.132. The Hall–Kier alpha value is -3.12. The summed E-state index contributed by atoms with van der Waals surface area (Å²) in [6, 6.07) is 5.49. The van der Waals surface area contributed by atoms with E-state index in [1.165, 1.54) is 18.7 Å². The van der Waals surface area contributed by atoms with Gasteiger partial charge in [-0.05, 0) is 43.3 Å². The van der Waals surface area contributed by atoms with Gasteiger partial charge in [0.15, 0.2) is 0 Å². The molecule has 0 aliphatic rings. The molecule has 0 bridgehead atoms. The van der Waals surface area contributed by atoms with Crippen molar-refractivity contribution < 1.29 is 24.0 Å². The number of rotatable bonds is 16. The minimum atomic E-state index is -1.00. The van der Waals surface area contributed by atoms with E-state index < -0.39 is 60.2 Å². The van der Waals surface area contributed by atoms with Crippen LogP contribution in [0.15, 0.2) is 30.3 Å². The second-order valence-electron chi connectivity index (χ2n) is 9.24. The minimum absolute atomic E-state index is 0.165. The summed E-state index contributed by atoms with van der Waals surface area (Å²) in [5.41, 5.74) is 12.0. The predicted molar refractivity (Wildman–Crippen MR) is 144 cm³/mol. The van der Waals surface area contributed by atoms with Gasteiger partial charge in [0.05, 0.1) is 12.6 Å². The number of thioether (sulfide) groups is 1. The molecule has 1 aromatic carbocycles. The molecular formula is C25H40N6O5S. The van der Waals surface area contributed by atoms with E-state index in [0.29, 0.717) is 18.6 Å². The van der Waals surface area contributed by atoms with Gasteiger partial charge in [-0.1, -0.05) is 44.2 Å². The van der Waals surface area contributed by atoms with E-state index in [0.717, 1.165) is 5.56 Å². The molecule has 0 saturated carbocycles. The van der Waals surface area contributed by atoms with Gasteiger partial charge >= 0.3 is 0 Å². The number of nitrogens with one attached hydrogen (secondary N) is 4. The maximum Gasteiger partial charge on any atom is 0.243 e. The third kappa shape index (κ3) is 12.6. The highest BCUT2D eigenvalue weighted by molar-refractivity contribution is 7.98. The summed E-state index contributed by atoms with van der Waals surface area (Å²) in [7, 11) is 0. The Kier molecular flexibility index (Phi) is 14.3. The molecule has 37 heavy (non-hydrogen) atoms. The lowest BCUT2D eigenvalue weighted by Crippen LogP contribution is -2.55. The molecule has 0 radical (unpaired) electrons. The second kappa shape index (κ2) is 16.6. The van der Waals surface area contributed by atoms with Crippen LogP contribution in [0.2, 0.25) is 0 Å². The summed E-state index contributed by atoms with van der Waals surface area (Å²) in [4.78, 5) is 62.0. The summed E-state index contributed by atoms with van der Waals surface area (Å²) in [5, 5.41) is 10.3. The third-order valence-electron chi connectivity index (χ3n) is 5.45. The van der Waals surface area contributed by atoms with Gasteiger partial charge in [0, 0.05) is 6.42 Å². The average Bonchev–Trinajstić information content (AvgIpc) is 2.84. The molecule has 1 rings (SSSR count). The Morgan fingerprint density at radius 2 is 1.54 bits per heavy atom. The van der Waals surface area contributed by atoms with Crippen LogP contribution in [-0.2, 0) is 30.4 Å². The number of benzene rings is 1. The lowest BCUT2D eigenvalue weighted by Gasteiger charge is -2.22. The van der Waals surface area contributed by atoms with E-state index in [1.54, 1.807) is 24.3 Å². The number of carbonyl (C=O) groups is 5. The Morgan fingerprint density at radius 3 is 2.11 bits per heavy atom. The van der Waals surface area contributed by atoms with E-state index in [2.05, 4.69) is 21.3 Å². The number of carbonyl (C=O) groups excluding carboxylic acids is 5. The van der Waals surface area contributed by atoms with Crippen LogP contribution in [0, 0.1) is 5.92 Å². The van der Waals surface area contributed by atoms with Crippen LogP contribution < -0.4 is 32.7 Å². The molecule has 0 unspecified atom stereocenters. The van der Waals surface area contributed by atoms with Gasteiger partial charge in [0.25, 0.3) is 0 Å². The highest BCUT2D eigenvalue weighted by atomic mass is 32.2. The third-order valence-corrected chi connectivity index (χ3v) is 6.09. The quantitative estimate of drug-likeness (QED) is 0.163. The minimum Gasteiger partial charge on any atom is -0.368 e. The maximum absolute atomic E-state index is 12.8. The topological polar surface area (TPSA) is 186 Å². The molecule has 0 heterocycles. The van der Waals surface area contributed by atoms with Crippen LogP contribution in [-0.4, -0.2) is 72.3 Å². The van der Waals surface area contributed by atoms with Gasteiger partial charge in [0.2, 0.25) is 29.5 Å². The Bertz CT molecular complexity index is 914. The lowest BCUT2D eigenvalue weighted by atomic mass is 10.0. The normalized spacial score (nSPS) is 14.1. The first-order valence-electron chi connectivity index (χ1n) is 12.2. The molecular weight excluding hydrogens is 496 g/mol. The van der Waals surface area contributed by atoms with Crippen LogP contribution in [0.1, 0.15) is 39.2 Å². The molecule has 4 atom stereocenters. The molecule has 0 aliphatic heterocycles. The van der Waals surface area contributed by atoms with Crippen molar-refractivity contribution in [3.05, 3.63) is 35.9 Å². The maximum atomic E-state index is 12.8. The van der Waals surface area contributed by atoms with Gasteiger partial charge in [-0.3, -0.25) is 24.0 Å². The molecule has 12 heteroatoms. The highest BCUT2D eigenvalue weighted by Gasteiger charge is 2.26. The zero-order valence-electron chi connectivity index (χ0n) is 21.9. The Balaban J connectivity index is 2.81. The highest BCUT2D eigenvalue weighted by Crippen LogP contribution is 2.06. The van der Waals surface area contributed by atoms with E-state index in [4.69, 9.17) is 11.5 Å². The Labute approximate surface area is 222 Å². The fourth-order valence-corrected chi connectivity index (χ4v) is 3.85. The Morgan fingerprint density at radius 1 is 0.892 bits per heavy atom. The van der Waals surface area contributed by atoms with Crippen molar-refractivity contribution in [2.24, 2.45) is 17.4 Å². The van der Waals surface area contributed by atoms with Crippen molar-refractivity contribution in [2.75, 3.05) is 18.6 Å². The van der Waals surface area contributed by atoms with Gasteiger partial charge in [0.1, 0.15) is 18.1 Å². The van der Waals surface area contributed by atoms with Gasteiger partial charge < -0.3 is 32.7 Å². The largest absolute Gasteiger partial charge is 0.368 e. The van der Waals surface area contributed by atoms with Gasteiger partial charge in [-0.25, -0.2) is 0 Å². The SMILES string of the molecule is CSCC[C@H](NC(=O)[C@@H](N)CC(C)C)C(=O)NCC(=O)N[C@@H](Cc1ccccc1)C(=O)N[C@@H](C)C(N)=O. The monoisotopic (exact) mass is 536 g/mol. The van der Waals surface area contributed by atoms with E-state index in [1.807, 2.05) is 26.2 Å². The first-order chi connectivity index (χ1) is 17.4. The molecule has 11 nitrogen and oxygen atoms in total. The molecule has 0 aromatic heterocycles. The summed E-state index contributed by atoms with van der Waals surface area (Å²) in [6.45, 7) is 4.93. The summed E-state index contributed by atoms with van der Waals surface area (Å²) >= 11 is 1.52. The standard InChI is InChI=1S/C25H40N6O5S/c1-15(2)12-18(26)23(34)31-19(10-11-37-4)24(35)28-14-21(32)30-20(13-17-8-6-5-7-9-17)25(36)29-16(3)22(27)33/h5-9,15-16,18-20H,10-14,26H2,1-4H3,(H2,27,33)(H,28,35)(H,29,36)(H,30,32)(H,31,34)/t16-,18-,19-,20-/m0/s1. The molecule has 206 valence electrons. The fraction of sp³-hybridized carbons (Fsp3) is 0.560. The average molecular weight is 537 g/mol. The number of hydrogen-bond donors (Lipinski definition) is 6. The van der Waals surface area contributed by atoms with Crippen LogP contribution in [0.25, 0.3) is 0 Å². The number of nitrogens with two attached hydrogens (primary N) is 2. The van der Waals surface area contributed by atoms with Crippen LogP contribution in [0.5, 0.6) is 0 Å². The van der Waals surface area contributed by atoms with Crippen molar-refractivity contribution in [1.29, 1.82) is 0 Å². The number of primary amides is 1. The van der Waals surface area contributed by atoms with Gasteiger partial charge in [-0.2, -0.15) is 11.8 Å². The zero-order valence-corrected chi connectivity index (χ0v) is 22.7. The molecule has 0 fully saturated rings. The van der Waals surface area contributed by atoms with Crippen LogP contribution in [0.4, 0.5) is 0 Å². The first kappa shape index (κ1) is 31.9. The number of amides is 5. The van der Waals surface area contributed by atoms with E-state index in [-0.39, 0.29) is 12.3 Å². The van der Waals surface area contributed by atoms with Crippen molar-refractivity contribution in [3.8, 4) is 0 Å². The molecule has 1 aromatic rings. The molecule has 0 saturated heterocycles. The van der Waals surface area contributed by atoms with Gasteiger partial charge in [-0.15, -0.1) is 0 Å². The summed E-state index contributed by atoms with van der Waals surface area (Å²) in [5.74, 6) is -2.03. The first-order valence-corrected chi connectivity index (χ1v) is 13.6. The van der Waals surface area contributed by atoms with Crippen molar-refractivity contribution in [1.82, 2.24) is 21.3 Å². The summed E-state index contributed by atoms with van der Waals surface area (Å²) in [6.07, 6.45) is 2.88. The van der Waals surface area contributed by atoms with Crippen molar-refractivity contribution >= 4 is 41.3 Å². The van der Waals surface area contributed by atoms with Crippen LogP contribution in [0.3, 0.4) is 0 Å². The smallest absolute Gasteiger partial charge is 0.243 e. The predicted octanol–water partition coefficient (Wildman–Crippen LogP) is -0.569. The van der Waals surface area contributed by atoms with Crippen molar-refractivity contribution in [2.45, 2.75) is 64.2 Å². The summed E-state index contributed by atoms with van der Waals surface area (Å²) < 4.78 is 0. The fourth-order valence-electron chi connectivity index (χ4n) is 3.38. The number of hydrogen-bond acceptors (Lipinski definition) is 7. The molecule has 0 spiro atoms. The molecule has 5 amide bonds.